The number of rotatable bonds is 11. The monoisotopic (exact) mass is 322 g/mol. The third kappa shape index (κ3) is 7.16. The molecule has 2 fully saturated rings. The first-order valence-electron chi connectivity index (χ1n) is 10.9. The van der Waals surface area contributed by atoms with Crippen LogP contribution in [0.2, 0.25) is 0 Å². The van der Waals surface area contributed by atoms with Gasteiger partial charge in [-0.2, -0.15) is 0 Å². The summed E-state index contributed by atoms with van der Waals surface area (Å²) in [5.41, 5.74) is 0. The van der Waals surface area contributed by atoms with Crippen LogP contribution in [0.4, 0.5) is 0 Å². The molecule has 0 amide bonds. The van der Waals surface area contributed by atoms with Gasteiger partial charge >= 0.3 is 0 Å². The maximum Gasteiger partial charge on any atom is 0.0578 e. The maximum absolute atomic E-state index is 6.16. The van der Waals surface area contributed by atoms with Crippen molar-refractivity contribution in [3.05, 3.63) is 0 Å². The van der Waals surface area contributed by atoms with Crippen molar-refractivity contribution >= 4 is 0 Å². The standard InChI is InChI=1S/C22H42O/c1-3-5-7-8-9-11-19-12-13-21-18-22(15-14-20(21)17-19)23-16-10-6-4-2/h19-22H,3-18H2,1-2H3/t19?,20-,21?,22-/m1/s1. The van der Waals surface area contributed by atoms with E-state index in [9.17, 15) is 0 Å². The highest BCUT2D eigenvalue weighted by Gasteiger charge is 2.35. The first-order valence-corrected chi connectivity index (χ1v) is 10.9. The van der Waals surface area contributed by atoms with Crippen molar-refractivity contribution in [1.29, 1.82) is 0 Å². The van der Waals surface area contributed by atoms with Crippen molar-refractivity contribution < 1.29 is 4.74 Å². The second-order valence-corrected chi connectivity index (χ2v) is 8.42. The van der Waals surface area contributed by atoms with E-state index < -0.39 is 0 Å². The largest absolute Gasteiger partial charge is 0.378 e. The summed E-state index contributed by atoms with van der Waals surface area (Å²) in [7, 11) is 0. The van der Waals surface area contributed by atoms with Crippen LogP contribution < -0.4 is 0 Å². The van der Waals surface area contributed by atoms with Crippen molar-refractivity contribution in [3.63, 3.8) is 0 Å². The highest BCUT2D eigenvalue weighted by molar-refractivity contribution is 4.86. The normalized spacial score (nSPS) is 31.0. The van der Waals surface area contributed by atoms with Crippen molar-refractivity contribution in [2.45, 2.75) is 116 Å². The van der Waals surface area contributed by atoms with E-state index in [0.29, 0.717) is 6.10 Å². The van der Waals surface area contributed by atoms with Gasteiger partial charge in [0.05, 0.1) is 6.10 Å². The zero-order valence-electron chi connectivity index (χ0n) is 16.0. The van der Waals surface area contributed by atoms with Gasteiger partial charge in [0.1, 0.15) is 0 Å². The minimum Gasteiger partial charge on any atom is -0.378 e. The Labute approximate surface area is 146 Å². The van der Waals surface area contributed by atoms with Crippen molar-refractivity contribution in [2.75, 3.05) is 6.61 Å². The van der Waals surface area contributed by atoms with Crippen LogP contribution in [0.25, 0.3) is 0 Å². The zero-order chi connectivity index (χ0) is 16.3. The molecule has 1 nitrogen and oxygen atoms in total. The topological polar surface area (TPSA) is 9.23 Å². The van der Waals surface area contributed by atoms with Crippen molar-refractivity contribution in [3.8, 4) is 0 Å². The molecule has 0 aromatic carbocycles. The fourth-order valence-corrected chi connectivity index (χ4v) is 5.00. The number of hydrogen-bond acceptors (Lipinski definition) is 1. The summed E-state index contributed by atoms with van der Waals surface area (Å²) in [5, 5.41) is 0. The fraction of sp³-hybridized carbons (Fsp3) is 1.00. The molecule has 0 aromatic rings. The first kappa shape index (κ1) is 19.3. The van der Waals surface area contributed by atoms with E-state index in [0.717, 1.165) is 24.4 Å². The Balaban J connectivity index is 1.58. The Hall–Kier alpha value is -0.0400. The quantitative estimate of drug-likeness (QED) is 0.367. The summed E-state index contributed by atoms with van der Waals surface area (Å²) in [6.45, 7) is 5.59. The van der Waals surface area contributed by atoms with E-state index in [1.807, 2.05) is 0 Å². The minimum absolute atomic E-state index is 0.596. The lowest BCUT2D eigenvalue weighted by Crippen LogP contribution is -2.34. The Morgan fingerprint density at radius 3 is 2.22 bits per heavy atom. The van der Waals surface area contributed by atoms with E-state index in [1.165, 1.54) is 89.9 Å². The Morgan fingerprint density at radius 1 is 0.696 bits per heavy atom. The number of unbranched alkanes of at least 4 members (excludes halogenated alkanes) is 6. The minimum atomic E-state index is 0.596. The van der Waals surface area contributed by atoms with E-state index >= 15 is 0 Å². The molecule has 0 N–H and O–H groups in total. The predicted molar refractivity (Wildman–Crippen MR) is 101 cm³/mol. The smallest absolute Gasteiger partial charge is 0.0578 e. The Kier molecular flexibility index (Phi) is 9.65. The van der Waals surface area contributed by atoms with Crippen LogP contribution in [0.3, 0.4) is 0 Å². The molecule has 0 spiro atoms. The average molecular weight is 323 g/mol. The lowest BCUT2D eigenvalue weighted by atomic mass is 9.66. The lowest BCUT2D eigenvalue weighted by Gasteiger charge is -2.42. The summed E-state index contributed by atoms with van der Waals surface area (Å²) < 4.78 is 6.16. The summed E-state index contributed by atoms with van der Waals surface area (Å²) in [4.78, 5) is 0. The molecule has 1 heteroatoms. The van der Waals surface area contributed by atoms with Gasteiger partial charge in [0.15, 0.2) is 0 Å². The second kappa shape index (κ2) is 11.5. The molecule has 0 aromatic heterocycles. The molecule has 2 saturated carbocycles. The fourth-order valence-electron chi connectivity index (χ4n) is 5.00. The maximum atomic E-state index is 6.16. The Morgan fingerprint density at radius 2 is 1.39 bits per heavy atom. The predicted octanol–water partition coefficient (Wildman–Crippen LogP) is 7.14. The van der Waals surface area contributed by atoms with Crippen LogP contribution in [-0.4, -0.2) is 12.7 Å². The van der Waals surface area contributed by atoms with Crippen LogP contribution >= 0.6 is 0 Å². The molecular weight excluding hydrogens is 280 g/mol. The molecule has 0 bridgehead atoms. The number of hydrogen-bond donors (Lipinski definition) is 0. The average Bonchev–Trinajstić information content (AvgIpc) is 2.58. The summed E-state index contributed by atoms with van der Waals surface area (Å²) in [5.74, 6) is 3.09. The van der Waals surface area contributed by atoms with Gasteiger partial charge in [0.25, 0.3) is 0 Å². The zero-order valence-corrected chi connectivity index (χ0v) is 16.0. The molecule has 2 unspecified atom stereocenters. The van der Waals surface area contributed by atoms with Crippen LogP contribution in [0.5, 0.6) is 0 Å². The van der Waals surface area contributed by atoms with Crippen molar-refractivity contribution in [2.24, 2.45) is 17.8 Å². The lowest BCUT2D eigenvalue weighted by molar-refractivity contribution is -0.0209. The van der Waals surface area contributed by atoms with Crippen molar-refractivity contribution in [1.82, 2.24) is 0 Å². The molecule has 2 aliphatic carbocycles. The summed E-state index contributed by atoms with van der Waals surface area (Å²) in [6.07, 6.45) is 22.0. The van der Waals surface area contributed by atoms with Gasteiger partial charge in [0.2, 0.25) is 0 Å². The SMILES string of the molecule is CCCCCCCC1CCC2C[C@H](OCCCCC)CC[C@@H]2C1. The van der Waals surface area contributed by atoms with Gasteiger partial charge in [0, 0.05) is 6.61 Å². The third-order valence-electron chi connectivity index (χ3n) is 6.49. The highest BCUT2D eigenvalue weighted by atomic mass is 16.5. The molecule has 2 rings (SSSR count). The van der Waals surface area contributed by atoms with E-state index in [-0.39, 0.29) is 0 Å². The molecule has 4 atom stereocenters. The molecule has 23 heavy (non-hydrogen) atoms. The van der Waals surface area contributed by atoms with Gasteiger partial charge < -0.3 is 4.74 Å². The molecule has 136 valence electrons. The van der Waals surface area contributed by atoms with E-state index in [2.05, 4.69) is 13.8 Å². The molecular formula is C22H42O. The number of fused-ring (bicyclic) bond motifs is 1. The molecule has 0 radical (unpaired) electrons. The van der Waals surface area contributed by atoms with Gasteiger partial charge in [-0.1, -0.05) is 71.6 Å². The second-order valence-electron chi connectivity index (χ2n) is 8.42. The summed E-state index contributed by atoms with van der Waals surface area (Å²) in [6, 6.07) is 0. The molecule has 0 aliphatic heterocycles. The molecule has 0 heterocycles. The van der Waals surface area contributed by atoms with Crippen LogP contribution in [0.15, 0.2) is 0 Å². The van der Waals surface area contributed by atoms with Gasteiger partial charge in [-0.25, -0.2) is 0 Å². The van der Waals surface area contributed by atoms with Gasteiger partial charge in [-0.05, 0) is 56.3 Å². The van der Waals surface area contributed by atoms with Crippen LogP contribution in [0, 0.1) is 17.8 Å². The molecule has 2 aliphatic rings. The van der Waals surface area contributed by atoms with Crippen LogP contribution in [-0.2, 0) is 4.74 Å². The third-order valence-corrected chi connectivity index (χ3v) is 6.49. The van der Waals surface area contributed by atoms with Crippen LogP contribution in [0.1, 0.15) is 110 Å². The first-order chi connectivity index (χ1) is 11.3. The van der Waals surface area contributed by atoms with E-state index in [1.54, 1.807) is 6.42 Å². The number of ether oxygens (including phenoxy) is 1. The summed E-state index contributed by atoms with van der Waals surface area (Å²) >= 11 is 0. The molecule has 0 saturated heterocycles. The van der Waals surface area contributed by atoms with Gasteiger partial charge in [-0.15, -0.1) is 0 Å². The van der Waals surface area contributed by atoms with Gasteiger partial charge in [-0.3, -0.25) is 0 Å². The van der Waals surface area contributed by atoms with E-state index in [4.69, 9.17) is 4.74 Å². The highest BCUT2D eigenvalue weighted by Crippen LogP contribution is 2.44. The Bertz CT molecular complexity index is 288.